The maximum absolute atomic E-state index is 12.3. The summed E-state index contributed by atoms with van der Waals surface area (Å²) < 4.78 is 3.05. The zero-order chi connectivity index (χ0) is 16.2. The number of aromatic nitrogens is 4. The van der Waals surface area contributed by atoms with Crippen molar-refractivity contribution in [2.24, 2.45) is 7.05 Å². The van der Waals surface area contributed by atoms with Crippen LogP contribution in [0, 0.1) is 0 Å². The number of carbonyl (C=O) groups excluding carboxylic acids is 1. The first-order chi connectivity index (χ1) is 11.1. The highest BCUT2D eigenvalue weighted by molar-refractivity contribution is 5.76. The number of hydrogen-bond acceptors (Lipinski definition) is 4. The van der Waals surface area contributed by atoms with Crippen molar-refractivity contribution in [2.75, 3.05) is 0 Å². The molecule has 23 heavy (non-hydrogen) atoms. The third-order valence-corrected chi connectivity index (χ3v) is 4.52. The standard InChI is InChI=1S/C16H23N5O2/c1-20-15-13(10-18-20)16(23)21(11-17-15)9-8-14(22)19-12-6-4-2-3-5-7-12/h10-12H,2-9H2,1H3,(H,19,22). The molecule has 7 heteroatoms. The van der Waals surface area contributed by atoms with Crippen LogP contribution >= 0.6 is 0 Å². The molecule has 0 aromatic carbocycles. The van der Waals surface area contributed by atoms with E-state index in [0.29, 0.717) is 30.0 Å². The lowest BCUT2D eigenvalue weighted by atomic mass is 10.1. The summed E-state index contributed by atoms with van der Waals surface area (Å²) in [6.07, 6.45) is 10.3. The third-order valence-electron chi connectivity index (χ3n) is 4.52. The van der Waals surface area contributed by atoms with E-state index in [9.17, 15) is 9.59 Å². The lowest BCUT2D eigenvalue weighted by molar-refractivity contribution is -0.122. The highest BCUT2D eigenvalue weighted by atomic mass is 16.2. The van der Waals surface area contributed by atoms with Crippen molar-refractivity contribution in [2.45, 2.75) is 57.5 Å². The predicted molar refractivity (Wildman–Crippen MR) is 87.0 cm³/mol. The molecule has 7 nitrogen and oxygen atoms in total. The minimum Gasteiger partial charge on any atom is -0.353 e. The van der Waals surface area contributed by atoms with Crippen LogP contribution in [0.2, 0.25) is 0 Å². The lowest BCUT2D eigenvalue weighted by Gasteiger charge is -2.16. The first-order valence-electron chi connectivity index (χ1n) is 8.31. The Balaban J connectivity index is 1.60. The molecule has 1 saturated carbocycles. The molecule has 0 spiro atoms. The maximum Gasteiger partial charge on any atom is 0.264 e. The van der Waals surface area contributed by atoms with Crippen molar-refractivity contribution in [3.8, 4) is 0 Å². The summed E-state index contributed by atoms with van der Waals surface area (Å²) in [5, 5.41) is 7.62. The van der Waals surface area contributed by atoms with E-state index in [2.05, 4.69) is 15.4 Å². The zero-order valence-corrected chi connectivity index (χ0v) is 13.5. The van der Waals surface area contributed by atoms with E-state index in [4.69, 9.17) is 0 Å². The van der Waals surface area contributed by atoms with Crippen LogP contribution in [0.4, 0.5) is 0 Å². The van der Waals surface area contributed by atoms with Gasteiger partial charge in [0.05, 0.1) is 12.5 Å². The molecule has 0 radical (unpaired) electrons. The van der Waals surface area contributed by atoms with E-state index in [1.807, 2.05) is 0 Å². The number of fused-ring (bicyclic) bond motifs is 1. The summed E-state index contributed by atoms with van der Waals surface area (Å²) in [4.78, 5) is 28.7. The minimum atomic E-state index is -0.148. The number of rotatable bonds is 4. The van der Waals surface area contributed by atoms with E-state index in [0.717, 1.165) is 12.8 Å². The van der Waals surface area contributed by atoms with Gasteiger partial charge < -0.3 is 5.32 Å². The van der Waals surface area contributed by atoms with Crippen LogP contribution in [0.1, 0.15) is 44.9 Å². The molecule has 1 fully saturated rings. The zero-order valence-electron chi connectivity index (χ0n) is 13.5. The molecule has 0 bridgehead atoms. The molecule has 2 aromatic heterocycles. The van der Waals surface area contributed by atoms with Gasteiger partial charge in [-0.15, -0.1) is 0 Å². The van der Waals surface area contributed by atoms with Crippen LogP contribution in [0.5, 0.6) is 0 Å². The molecule has 0 aliphatic heterocycles. The van der Waals surface area contributed by atoms with Crippen molar-refractivity contribution in [3.05, 3.63) is 22.9 Å². The fourth-order valence-corrected chi connectivity index (χ4v) is 3.17. The van der Waals surface area contributed by atoms with Crippen molar-refractivity contribution in [1.29, 1.82) is 0 Å². The van der Waals surface area contributed by atoms with E-state index < -0.39 is 0 Å². The molecular weight excluding hydrogens is 294 g/mol. The van der Waals surface area contributed by atoms with Gasteiger partial charge in [-0.1, -0.05) is 25.7 Å². The quantitative estimate of drug-likeness (QED) is 0.863. The van der Waals surface area contributed by atoms with Gasteiger partial charge in [-0.2, -0.15) is 5.10 Å². The van der Waals surface area contributed by atoms with Crippen molar-refractivity contribution in [3.63, 3.8) is 0 Å². The summed E-state index contributed by atoms with van der Waals surface area (Å²) in [7, 11) is 1.75. The first-order valence-corrected chi connectivity index (χ1v) is 8.31. The SMILES string of the molecule is Cn1ncc2c(=O)n(CCC(=O)NC3CCCCCC3)cnc21. The Morgan fingerprint density at radius 1 is 1.30 bits per heavy atom. The second-order valence-electron chi connectivity index (χ2n) is 6.25. The van der Waals surface area contributed by atoms with Crippen molar-refractivity contribution < 1.29 is 4.79 Å². The number of carbonyl (C=O) groups is 1. The highest BCUT2D eigenvalue weighted by Gasteiger charge is 2.15. The summed E-state index contributed by atoms with van der Waals surface area (Å²) in [5.41, 5.74) is 0.416. The molecule has 124 valence electrons. The fourth-order valence-electron chi connectivity index (χ4n) is 3.17. The van der Waals surface area contributed by atoms with Crippen LogP contribution in [-0.2, 0) is 18.4 Å². The van der Waals surface area contributed by atoms with E-state index >= 15 is 0 Å². The van der Waals surface area contributed by atoms with Gasteiger partial charge in [0.15, 0.2) is 5.65 Å². The molecule has 0 atom stereocenters. The predicted octanol–water partition coefficient (Wildman–Crippen LogP) is 1.36. The van der Waals surface area contributed by atoms with Gasteiger partial charge in [-0.05, 0) is 12.8 Å². The van der Waals surface area contributed by atoms with Crippen LogP contribution in [0.25, 0.3) is 11.0 Å². The number of nitrogens with zero attached hydrogens (tertiary/aromatic N) is 4. The van der Waals surface area contributed by atoms with Crippen molar-refractivity contribution in [1.82, 2.24) is 24.6 Å². The van der Waals surface area contributed by atoms with Gasteiger partial charge in [0.1, 0.15) is 5.39 Å². The molecule has 1 aliphatic rings. The highest BCUT2D eigenvalue weighted by Crippen LogP contribution is 2.17. The van der Waals surface area contributed by atoms with E-state index in [1.54, 1.807) is 11.7 Å². The maximum atomic E-state index is 12.3. The largest absolute Gasteiger partial charge is 0.353 e. The summed E-state index contributed by atoms with van der Waals surface area (Å²) >= 11 is 0. The summed E-state index contributed by atoms with van der Waals surface area (Å²) in [5.74, 6) is 0.00934. The molecule has 1 aliphatic carbocycles. The number of nitrogens with one attached hydrogen (secondary N) is 1. The molecule has 0 unspecified atom stereocenters. The minimum absolute atomic E-state index is 0.00934. The number of amides is 1. The van der Waals surface area contributed by atoms with Crippen LogP contribution in [0.3, 0.4) is 0 Å². The summed E-state index contributed by atoms with van der Waals surface area (Å²) in [6, 6.07) is 0.292. The molecule has 2 aromatic rings. The average molecular weight is 317 g/mol. The van der Waals surface area contributed by atoms with Crippen LogP contribution in [0.15, 0.2) is 17.3 Å². The fraction of sp³-hybridized carbons (Fsp3) is 0.625. The van der Waals surface area contributed by atoms with Gasteiger partial charge in [0.2, 0.25) is 5.91 Å². The van der Waals surface area contributed by atoms with Gasteiger partial charge in [-0.3, -0.25) is 18.8 Å². The second-order valence-corrected chi connectivity index (χ2v) is 6.25. The van der Waals surface area contributed by atoms with E-state index in [-0.39, 0.29) is 11.5 Å². The van der Waals surface area contributed by atoms with Gasteiger partial charge in [0.25, 0.3) is 5.56 Å². The third kappa shape index (κ3) is 3.60. The summed E-state index contributed by atoms with van der Waals surface area (Å²) in [6.45, 7) is 0.342. The number of hydrogen-bond donors (Lipinski definition) is 1. The van der Waals surface area contributed by atoms with Crippen LogP contribution in [-0.4, -0.2) is 31.3 Å². The topological polar surface area (TPSA) is 81.8 Å². The monoisotopic (exact) mass is 317 g/mol. The van der Waals surface area contributed by atoms with Gasteiger partial charge in [-0.25, -0.2) is 4.98 Å². The molecule has 2 heterocycles. The smallest absolute Gasteiger partial charge is 0.264 e. The Bertz CT molecular complexity index is 740. The molecule has 0 saturated heterocycles. The Kier molecular flexibility index (Phi) is 4.73. The molecule has 3 rings (SSSR count). The van der Waals surface area contributed by atoms with Crippen molar-refractivity contribution >= 4 is 16.9 Å². The number of aryl methyl sites for hydroxylation is 2. The first kappa shape index (κ1) is 15.7. The molecule has 1 amide bonds. The molecular formula is C16H23N5O2. The Labute approximate surface area is 134 Å². The lowest BCUT2D eigenvalue weighted by Crippen LogP contribution is -2.35. The second kappa shape index (κ2) is 6.93. The van der Waals surface area contributed by atoms with Crippen LogP contribution < -0.4 is 10.9 Å². The van der Waals surface area contributed by atoms with Gasteiger partial charge >= 0.3 is 0 Å². The van der Waals surface area contributed by atoms with E-state index in [1.165, 1.54) is 42.8 Å². The Morgan fingerprint density at radius 2 is 2.04 bits per heavy atom. The average Bonchev–Trinajstić information content (AvgIpc) is 2.74. The Morgan fingerprint density at radius 3 is 2.78 bits per heavy atom. The molecule has 1 N–H and O–H groups in total. The van der Waals surface area contributed by atoms with Gasteiger partial charge in [0, 0.05) is 26.1 Å². The Hall–Kier alpha value is -2.18. The normalized spacial score (nSPS) is 16.4.